The fraction of sp³-hybridized carbons (Fsp3) is 0.462. The Hall–Kier alpha value is -1.71. The van der Waals surface area contributed by atoms with Crippen molar-refractivity contribution in [3.63, 3.8) is 0 Å². The normalized spacial score (nSPS) is 14.5. The molecule has 4 N–H and O–H groups in total. The van der Waals surface area contributed by atoms with E-state index in [9.17, 15) is 0 Å². The molecule has 0 saturated carbocycles. The van der Waals surface area contributed by atoms with Crippen LogP contribution in [0.4, 0.5) is 5.69 Å². The van der Waals surface area contributed by atoms with Gasteiger partial charge < -0.3 is 16.3 Å². The van der Waals surface area contributed by atoms with E-state index < -0.39 is 0 Å². The molecule has 0 heterocycles. The molecule has 0 aliphatic rings. The summed E-state index contributed by atoms with van der Waals surface area (Å²) < 4.78 is 0. The van der Waals surface area contributed by atoms with Crippen molar-refractivity contribution in [1.29, 1.82) is 0 Å². The number of rotatable bonds is 3. The zero-order chi connectivity index (χ0) is 13.1. The van der Waals surface area contributed by atoms with Gasteiger partial charge in [-0.25, -0.2) is 0 Å². The molecule has 0 bridgehead atoms. The van der Waals surface area contributed by atoms with Crippen molar-refractivity contribution in [2.24, 2.45) is 10.9 Å². The van der Waals surface area contributed by atoms with Crippen LogP contribution in [0.15, 0.2) is 29.4 Å². The van der Waals surface area contributed by atoms with Crippen LogP contribution in [0.3, 0.4) is 0 Å². The lowest BCUT2D eigenvalue weighted by atomic mass is 9.85. The van der Waals surface area contributed by atoms with E-state index in [2.05, 4.69) is 37.3 Å². The first-order valence-corrected chi connectivity index (χ1v) is 5.69. The molecule has 1 rings (SSSR count). The van der Waals surface area contributed by atoms with Crippen LogP contribution in [-0.4, -0.2) is 17.1 Å². The minimum absolute atomic E-state index is 0.0500. The third-order valence-electron chi connectivity index (χ3n) is 2.67. The molecule has 0 fully saturated rings. The van der Waals surface area contributed by atoms with Gasteiger partial charge in [0, 0.05) is 5.69 Å². The number of hydrogen-bond donors (Lipinski definition) is 3. The first-order valence-electron chi connectivity index (χ1n) is 5.69. The molecule has 0 radical (unpaired) electrons. The number of anilines is 1. The Morgan fingerprint density at radius 2 is 1.94 bits per heavy atom. The first kappa shape index (κ1) is 13.4. The first-order chi connectivity index (χ1) is 7.86. The maximum Gasteiger partial charge on any atom is 0.161 e. The molecule has 17 heavy (non-hydrogen) atoms. The molecule has 1 aromatic carbocycles. The van der Waals surface area contributed by atoms with Crippen LogP contribution in [0.2, 0.25) is 0 Å². The number of amidine groups is 1. The van der Waals surface area contributed by atoms with Gasteiger partial charge in [-0.05, 0) is 24.0 Å². The zero-order valence-corrected chi connectivity index (χ0v) is 10.9. The molecule has 0 aromatic heterocycles. The third-order valence-corrected chi connectivity index (χ3v) is 2.67. The minimum atomic E-state index is -0.205. The number of oxime groups is 1. The standard InChI is InChI=1S/C13H21N3O/c1-9(12(14)16-17)15-11-8-6-5-7-10(11)13(2,3)4/h5-9,15,17H,1-4H3,(H2,14,16). The van der Waals surface area contributed by atoms with Crippen LogP contribution in [0, 0.1) is 0 Å². The number of nitrogens with two attached hydrogens (primary N) is 1. The summed E-state index contributed by atoms with van der Waals surface area (Å²) in [6, 6.07) is 7.86. The van der Waals surface area contributed by atoms with Gasteiger partial charge in [-0.1, -0.05) is 44.1 Å². The van der Waals surface area contributed by atoms with Gasteiger partial charge in [-0.15, -0.1) is 0 Å². The highest BCUT2D eigenvalue weighted by molar-refractivity contribution is 5.87. The molecule has 0 aliphatic heterocycles. The van der Waals surface area contributed by atoms with Gasteiger partial charge in [0.05, 0.1) is 6.04 Å². The molecule has 1 unspecified atom stereocenters. The molecule has 0 saturated heterocycles. The highest BCUT2D eigenvalue weighted by Gasteiger charge is 2.18. The molecule has 4 nitrogen and oxygen atoms in total. The molecule has 0 aliphatic carbocycles. The molecule has 1 aromatic rings. The monoisotopic (exact) mass is 235 g/mol. The van der Waals surface area contributed by atoms with Gasteiger partial charge in [0.2, 0.25) is 0 Å². The Balaban J connectivity index is 3.00. The predicted molar refractivity (Wildman–Crippen MR) is 71.6 cm³/mol. The summed E-state index contributed by atoms with van der Waals surface area (Å²) >= 11 is 0. The lowest BCUT2D eigenvalue weighted by Gasteiger charge is -2.25. The number of nitrogens with one attached hydrogen (secondary N) is 1. The fourth-order valence-electron chi connectivity index (χ4n) is 1.66. The van der Waals surface area contributed by atoms with Crippen molar-refractivity contribution >= 4 is 11.5 Å². The maximum absolute atomic E-state index is 8.64. The Morgan fingerprint density at radius 3 is 2.47 bits per heavy atom. The molecule has 0 spiro atoms. The molecular formula is C13H21N3O. The van der Waals surface area contributed by atoms with Crippen molar-refractivity contribution in [1.82, 2.24) is 0 Å². The average Bonchev–Trinajstić information content (AvgIpc) is 2.27. The summed E-state index contributed by atoms with van der Waals surface area (Å²) in [4.78, 5) is 0. The van der Waals surface area contributed by atoms with Crippen LogP contribution in [-0.2, 0) is 5.41 Å². The Bertz CT molecular complexity index is 407. The van der Waals surface area contributed by atoms with Gasteiger partial charge in [-0.2, -0.15) is 0 Å². The van der Waals surface area contributed by atoms with E-state index in [0.29, 0.717) is 0 Å². The molecule has 0 amide bonds. The van der Waals surface area contributed by atoms with Crippen molar-refractivity contribution in [2.45, 2.75) is 39.2 Å². The Morgan fingerprint density at radius 1 is 1.35 bits per heavy atom. The van der Waals surface area contributed by atoms with Gasteiger partial charge >= 0.3 is 0 Å². The smallest absolute Gasteiger partial charge is 0.161 e. The van der Waals surface area contributed by atoms with Crippen LogP contribution in [0.25, 0.3) is 0 Å². The van der Waals surface area contributed by atoms with E-state index in [0.717, 1.165) is 5.69 Å². The summed E-state index contributed by atoms with van der Waals surface area (Å²) in [6.07, 6.45) is 0. The highest BCUT2D eigenvalue weighted by atomic mass is 16.4. The van der Waals surface area contributed by atoms with Crippen molar-refractivity contribution in [2.75, 3.05) is 5.32 Å². The Kier molecular flexibility index (Phi) is 3.99. The van der Waals surface area contributed by atoms with E-state index in [1.165, 1.54) is 5.56 Å². The lowest BCUT2D eigenvalue weighted by Crippen LogP contribution is -2.33. The second kappa shape index (κ2) is 5.08. The molecule has 94 valence electrons. The van der Waals surface area contributed by atoms with E-state index >= 15 is 0 Å². The fourth-order valence-corrected chi connectivity index (χ4v) is 1.66. The van der Waals surface area contributed by atoms with Crippen LogP contribution in [0.1, 0.15) is 33.3 Å². The van der Waals surface area contributed by atoms with Gasteiger partial charge in [0.25, 0.3) is 0 Å². The molecule has 1 atom stereocenters. The van der Waals surface area contributed by atoms with Crippen molar-refractivity contribution in [3.05, 3.63) is 29.8 Å². The summed E-state index contributed by atoms with van der Waals surface area (Å²) in [6.45, 7) is 8.32. The second-order valence-corrected chi connectivity index (χ2v) is 5.19. The van der Waals surface area contributed by atoms with E-state index in [4.69, 9.17) is 10.9 Å². The highest BCUT2D eigenvalue weighted by Crippen LogP contribution is 2.29. The van der Waals surface area contributed by atoms with Gasteiger partial charge in [-0.3, -0.25) is 0 Å². The summed E-state index contributed by atoms with van der Waals surface area (Å²) in [7, 11) is 0. The number of benzene rings is 1. The Labute approximate surface area is 103 Å². The molecular weight excluding hydrogens is 214 g/mol. The summed E-state index contributed by atoms with van der Waals surface area (Å²) in [5, 5.41) is 14.9. The van der Waals surface area contributed by atoms with Crippen LogP contribution < -0.4 is 11.1 Å². The lowest BCUT2D eigenvalue weighted by molar-refractivity contribution is 0.316. The van der Waals surface area contributed by atoms with E-state index in [-0.39, 0.29) is 17.3 Å². The van der Waals surface area contributed by atoms with E-state index in [1.807, 2.05) is 25.1 Å². The quantitative estimate of drug-likeness (QED) is 0.326. The van der Waals surface area contributed by atoms with Gasteiger partial charge in [0.15, 0.2) is 5.84 Å². The van der Waals surface area contributed by atoms with Gasteiger partial charge in [0.1, 0.15) is 0 Å². The maximum atomic E-state index is 8.64. The topological polar surface area (TPSA) is 70.6 Å². The zero-order valence-electron chi connectivity index (χ0n) is 10.9. The van der Waals surface area contributed by atoms with Crippen molar-refractivity contribution in [3.8, 4) is 0 Å². The number of hydrogen-bond acceptors (Lipinski definition) is 3. The summed E-state index contributed by atoms with van der Waals surface area (Å²) in [5.41, 5.74) is 7.83. The van der Waals surface area contributed by atoms with E-state index in [1.54, 1.807) is 0 Å². The minimum Gasteiger partial charge on any atom is -0.409 e. The number of nitrogens with zero attached hydrogens (tertiary/aromatic N) is 1. The molecule has 4 heteroatoms. The second-order valence-electron chi connectivity index (χ2n) is 5.19. The van der Waals surface area contributed by atoms with Crippen LogP contribution in [0.5, 0.6) is 0 Å². The largest absolute Gasteiger partial charge is 0.409 e. The predicted octanol–water partition coefficient (Wildman–Crippen LogP) is 2.53. The summed E-state index contributed by atoms with van der Waals surface area (Å²) in [5.74, 6) is 0.175. The SMILES string of the molecule is CC(Nc1ccccc1C(C)(C)C)C(N)=NO. The average molecular weight is 235 g/mol. The number of para-hydroxylation sites is 1. The van der Waals surface area contributed by atoms with Crippen molar-refractivity contribution < 1.29 is 5.21 Å². The van der Waals surface area contributed by atoms with Crippen LogP contribution >= 0.6 is 0 Å². The third kappa shape index (κ3) is 3.37.